The summed E-state index contributed by atoms with van der Waals surface area (Å²) in [5.41, 5.74) is 0.463. The van der Waals surface area contributed by atoms with Gasteiger partial charge in [-0.3, -0.25) is 9.10 Å². The Morgan fingerprint density at radius 3 is 2.26 bits per heavy atom. The zero-order valence-electron chi connectivity index (χ0n) is 11.1. The summed E-state index contributed by atoms with van der Waals surface area (Å²) in [7, 11) is -3.50. The summed E-state index contributed by atoms with van der Waals surface area (Å²) in [6.07, 6.45) is 1.08. The molecule has 5 nitrogen and oxygen atoms in total. The van der Waals surface area contributed by atoms with Crippen molar-refractivity contribution in [2.45, 2.75) is 19.9 Å². The summed E-state index contributed by atoms with van der Waals surface area (Å²) in [5.74, 6) is -0.330. The fourth-order valence-corrected chi connectivity index (χ4v) is 2.63. The summed E-state index contributed by atoms with van der Waals surface area (Å²) < 4.78 is 25.5. The highest BCUT2D eigenvalue weighted by Crippen LogP contribution is 2.20. The molecule has 0 saturated heterocycles. The predicted molar refractivity (Wildman–Crippen MR) is 79.6 cm³/mol. The van der Waals surface area contributed by atoms with Crippen molar-refractivity contribution in [1.82, 2.24) is 5.32 Å². The number of amides is 1. The van der Waals surface area contributed by atoms with E-state index in [9.17, 15) is 13.2 Å². The predicted octanol–water partition coefficient (Wildman–Crippen LogP) is 1.74. The van der Waals surface area contributed by atoms with Gasteiger partial charge in [-0.25, -0.2) is 8.42 Å². The molecule has 0 unspecified atom stereocenters. The minimum Gasteiger partial charge on any atom is -0.352 e. The number of halogens is 1. The third-order valence-electron chi connectivity index (χ3n) is 2.25. The van der Waals surface area contributed by atoms with Crippen molar-refractivity contribution in [3.8, 4) is 0 Å². The summed E-state index contributed by atoms with van der Waals surface area (Å²) in [6, 6.07) is 6.72. The van der Waals surface area contributed by atoms with Crippen molar-refractivity contribution in [2.75, 3.05) is 17.1 Å². The normalized spacial score (nSPS) is 11.4. The maximum atomic E-state index is 11.8. The molecule has 0 fully saturated rings. The van der Waals surface area contributed by atoms with Gasteiger partial charge in [0.1, 0.15) is 6.54 Å². The number of hydrogen-bond donors (Lipinski definition) is 1. The molecule has 0 aliphatic carbocycles. The molecule has 1 amide bonds. The number of anilines is 1. The van der Waals surface area contributed by atoms with Gasteiger partial charge in [0.05, 0.1) is 11.9 Å². The van der Waals surface area contributed by atoms with Gasteiger partial charge >= 0.3 is 0 Å². The van der Waals surface area contributed by atoms with Gasteiger partial charge in [0.25, 0.3) is 0 Å². The molecule has 0 aromatic heterocycles. The van der Waals surface area contributed by atoms with Crippen LogP contribution in [0.15, 0.2) is 28.7 Å². The van der Waals surface area contributed by atoms with Gasteiger partial charge < -0.3 is 5.32 Å². The average Bonchev–Trinajstić information content (AvgIpc) is 2.25. The first-order valence-corrected chi connectivity index (χ1v) is 8.37. The van der Waals surface area contributed by atoms with E-state index in [4.69, 9.17) is 0 Å². The first-order valence-electron chi connectivity index (χ1n) is 5.73. The minimum absolute atomic E-state index is 0.0289. The highest BCUT2D eigenvalue weighted by atomic mass is 79.9. The monoisotopic (exact) mass is 348 g/mol. The van der Waals surface area contributed by atoms with Gasteiger partial charge in [-0.2, -0.15) is 0 Å². The molecule has 0 radical (unpaired) electrons. The van der Waals surface area contributed by atoms with Gasteiger partial charge in [0.2, 0.25) is 15.9 Å². The van der Waals surface area contributed by atoms with Gasteiger partial charge in [0, 0.05) is 10.5 Å². The molecule has 0 atom stereocenters. The third kappa shape index (κ3) is 5.20. The summed E-state index contributed by atoms with van der Waals surface area (Å²) in [5, 5.41) is 2.67. The summed E-state index contributed by atoms with van der Waals surface area (Å²) >= 11 is 3.28. The molecular weight excluding hydrogens is 332 g/mol. The van der Waals surface area contributed by atoms with Gasteiger partial charge in [-0.05, 0) is 38.1 Å². The van der Waals surface area contributed by atoms with Crippen LogP contribution in [0.1, 0.15) is 13.8 Å². The standard InChI is InChI=1S/C12H17BrN2O3S/c1-9(2)14-12(16)8-15(19(3,17)18)11-6-4-10(13)5-7-11/h4-7,9H,8H2,1-3H3,(H,14,16). The molecule has 19 heavy (non-hydrogen) atoms. The molecule has 1 rings (SSSR count). The molecule has 0 spiro atoms. The number of hydrogen-bond acceptors (Lipinski definition) is 3. The zero-order chi connectivity index (χ0) is 14.6. The van der Waals surface area contributed by atoms with Crippen LogP contribution >= 0.6 is 15.9 Å². The maximum Gasteiger partial charge on any atom is 0.240 e. The lowest BCUT2D eigenvalue weighted by Gasteiger charge is -2.22. The minimum atomic E-state index is -3.50. The molecule has 0 aliphatic heterocycles. The van der Waals surface area contributed by atoms with Crippen molar-refractivity contribution in [1.29, 1.82) is 0 Å². The van der Waals surface area contributed by atoms with Crippen molar-refractivity contribution < 1.29 is 13.2 Å². The van der Waals surface area contributed by atoms with E-state index in [1.807, 2.05) is 13.8 Å². The second kappa shape index (κ2) is 6.38. The SMILES string of the molecule is CC(C)NC(=O)CN(c1ccc(Br)cc1)S(C)(=O)=O. The molecule has 0 aliphatic rings. The Morgan fingerprint density at radius 1 is 1.32 bits per heavy atom. The van der Waals surface area contributed by atoms with E-state index in [1.54, 1.807) is 24.3 Å². The van der Waals surface area contributed by atoms with Crippen molar-refractivity contribution in [3.63, 3.8) is 0 Å². The number of nitrogens with zero attached hydrogens (tertiary/aromatic N) is 1. The number of rotatable bonds is 5. The highest BCUT2D eigenvalue weighted by Gasteiger charge is 2.20. The Bertz CT molecular complexity index is 541. The number of nitrogens with one attached hydrogen (secondary N) is 1. The molecule has 0 heterocycles. The van der Waals surface area contributed by atoms with Crippen molar-refractivity contribution in [2.24, 2.45) is 0 Å². The Kier molecular flexibility index (Phi) is 5.37. The second-order valence-corrected chi connectivity index (χ2v) is 7.29. The van der Waals surface area contributed by atoms with E-state index in [0.29, 0.717) is 5.69 Å². The number of carbonyl (C=O) groups excluding carboxylic acids is 1. The fourth-order valence-electron chi connectivity index (χ4n) is 1.51. The van der Waals surface area contributed by atoms with Gasteiger partial charge in [0.15, 0.2) is 0 Å². The molecule has 1 N–H and O–H groups in total. The quantitative estimate of drug-likeness (QED) is 0.881. The van der Waals surface area contributed by atoms with E-state index < -0.39 is 10.0 Å². The van der Waals surface area contributed by atoms with E-state index in [0.717, 1.165) is 15.0 Å². The maximum absolute atomic E-state index is 11.8. The van der Waals surface area contributed by atoms with Crippen LogP contribution in [0.3, 0.4) is 0 Å². The van der Waals surface area contributed by atoms with E-state index in [1.165, 1.54) is 0 Å². The first-order chi connectivity index (χ1) is 8.70. The van der Waals surface area contributed by atoms with Crippen LogP contribution in [-0.2, 0) is 14.8 Å². The second-order valence-electron chi connectivity index (χ2n) is 4.47. The molecular formula is C12H17BrN2O3S. The fraction of sp³-hybridized carbons (Fsp3) is 0.417. The van der Waals surface area contributed by atoms with Crippen LogP contribution in [0.4, 0.5) is 5.69 Å². The smallest absolute Gasteiger partial charge is 0.240 e. The zero-order valence-corrected chi connectivity index (χ0v) is 13.5. The largest absolute Gasteiger partial charge is 0.352 e. The van der Waals surface area contributed by atoms with Crippen LogP contribution in [0.2, 0.25) is 0 Å². The molecule has 1 aromatic rings. The van der Waals surface area contributed by atoms with E-state index in [2.05, 4.69) is 21.2 Å². The Balaban J connectivity index is 2.97. The molecule has 7 heteroatoms. The Hall–Kier alpha value is -1.08. The Labute approximate surface area is 122 Å². The molecule has 0 bridgehead atoms. The van der Waals surface area contributed by atoms with E-state index in [-0.39, 0.29) is 18.5 Å². The van der Waals surface area contributed by atoms with E-state index >= 15 is 0 Å². The number of carbonyl (C=O) groups is 1. The number of benzene rings is 1. The lowest BCUT2D eigenvalue weighted by molar-refractivity contribution is -0.120. The van der Waals surface area contributed by atoms with Crippen LogP contribution in [-0.4, -0.2) is 33.2 Å². The third-order valence-corrected chi connectivity index (χ3v) is 3.92. The van der Waals surface area contributed by atoms with Crippen LogP contribution in [0, 0.1) is 0 Å². The van der Waals surface area contributed by atoms with Gasteiger partial charge in [-0.1, -0.05) is 15.9 Å². The lowest BCUT2D eigenvalue weighted by atomic mass is 10.3. The molecule has 0 saturated carbocycles. The Morgan fingerprint density at radius 2 is 1.84 bits per heavy atom. The number of sulfonamides is 1. The van der Waals surface area contributed by atoms with Crippen LogP contribution < -0.4 is 9.62 Å². The van der Waals surface area contributed by atoms with Crippen molar-refractivity contribution >= 4 is 37.5 Å². The topological polar surface area (TPSA) is 66.5 Å². The summed E-state index contributed by atoms with van der Waals surface area (Å²) in [6.45, 7) is 3.42. The first kappa shape index (κ1) is 16.0. The van der Waals surface area contributed by atoms with Crippen molar-refractivity contribution in [3.05, 3.63) is 28.7 Å². The highest BCUT2D eigenvalue weighted by molar-refractivity contribution is 9.10. The molecule has 1 aromatic carbocycles. The molecule has 106 valence electrons. The van der Waals surface area contributed by atoms with Gasteiger partial charge in [-0.15, -0.1) is 0 Å². The summed E-state index contributed by atoms with van der Waals surface area (Å²) in [4.78, 5) is 11.7. The van der Waals surface area contributed by atoms with Crippen LogP contribution in [0.5, 0.6) is 0 Å². The lowest BCUT2D eigenvalue weighted by Crippen LogP contribution is -2.42. The van der Waals surface area contributed by atoms with Crippen LogP contribution in [0.25, 0.3) is 0 Å². The average molecular weight is 349 g/mol.